The number of thiazole rings is 1. The van der Waals surface area contributed by atoms with E-state index in [9.17, 15) is 0 Å². The lowest BCUT2D eigenvalue weighted by molar-refractivity contribution is 1.09. The van der Waals surface area contributed by atoms with Crippen molar-refractivity contribution in [1.29, 1.82) is 0 Å². The summed E-state index contributed by atoms with van der Waals surface area (Å²) in [6.45, 7) is 0. The van der Waals surface area contributed by atoms with Gasteiger partial charge in [0.05, 0.1) is 5.51 Å². The third-order valence-electron chi connectivity index (χ3n) is 1.01. The monoisotopic (exact) mass is 169 g/mol. The molecule has 0 aromatic carbocycles. The molecule has 2 aromatic rings. The lowest BCUT2D eigenvalue weighted by Crippen LogP contribution is -1.73. The highest BCUT2D eigenvalue weighted by Crippen LogP contribution is 2.19. The van der Waals surface area contributed by atoms with Crippen LogP contribution in [0, 0.1) is 0 Å². The fourth-order valence-electron chi connectivity index (χ4n) is 0.603. The van der Waals surface area contributed by atoms with E-state index in [0.717, 1.165) is 10.7 Å². The molecule has 10 heavy (non-hydrogen) atoms. The number of hydrogen-bond acceptors (Lipinski definition) is 5. The molecule has 0 bridgehead atoms. The van der Waals surface area contributed by atoms with Crippen molar-refractivity contribution in [2.45, 2.75) is 0 Å². The average Bonchev–Trinajstić information content (AvgIpc) is 2.59. The maximum absolute atomic E-state index is 4.09. The lowest BCUT2D eigenvalue weighted by Gasteiger charge is -1.80. The fourth-order valence-corrected chi connectivity index (χ4v) is 1.73. The Bertz CT molecular complexity index is 254. The number of hydrogen-bond donors (Lipinski definition) is 0. The average molecular weight is 169 g/mol. The number of aromatic nitrogens is 3. The van der Waals surface area contributed by atoms with Crippen LogP contribution >= 0.6 is 22.7 Å². The van der Waals surface area contributed by atoms with Crippen LogP contribution < -0.4 is 0 Å². The van der Waals surface area contributed by atoms with Crippen LogP contribution in [0.5, 0.6) is 0 Å². The Morgan fingerprint density at radius 3 is 2.90 bits per heavy atom. The summed E-state index contributed by atoms with van der Waals surface area (Å²) >= 11 is 3.07. The Hall–Kier alpha value is -0.810. The predicted molar refractivity (Wildman–Crippen MR) is 41.0 cm³/mol. The highest BCUT2D eigenvalue weighted by atomic mass is 32.1. The van der Waals surface area contributed by atoms with Gasteiger partial charge in [-0.1, -0.05) is 11.3 Å². The van der Waals surface area contributed by atoms with Crippen LogP contribution in [0.15, 0.2) is 16.4 Å². The van der Waals surface area contributed by atoms with Crippen molar-refractivity contribution in [2.24, 2.45) is 0 Å². The van der Waals surface area contributed by atoms with Crippen molar-refractivity contribution in [3.05, 3.63) is 16.4 Å². The minimum Gasteiger partial charge on any atom is -0.242 e. The Kier molecular flexibility index (Phi) is 1.44. The second-order valence-electron chi connectivity index (χ2n) is 1.62. The number of rotatable bonds is 1. The summed E-state index contributed by atoms with van der Waals surface area (Å²) in [6.07, 6.45) is 0. The van der Waals surface area contributed by atoms with Crippen molar-refractivity contribution < 1.29 is 0 Å². The highest BCUT2D eigenvalue weighted by Gasteiger charge is 2.00. The van der Waals surface area contributed by atoms with E-state index >= 15 is 0 Å². The molecule has 2 heterocycles. The highest BCUT2D eigenvalue weighted by molar-refractivity contribution is 7.13. The van der Waals surface area contributed by atoms with Crippen LogP contribution in [0.1, 0.15) is 0 Å². The van der Waals surface area contributed by atoms with E-state index in [2.05, 4.69) is 15.2 Å². The molecule has 0 atom stereocenters. The van der Waals surface area contributed by atoms with Gasteiger partial charge in [-0.05, 0) is 0 Å². The fraction of sp³-hybridized carbons (Fsp3) is 0. The predicted octanol–water partition coefficient (Wildman–Crippen LogP) is 1.66. The number of nitrogens with zero attached hydrogens (tertiary/aromatic N) is 3. The van der Waals surface area contributed by atoms with E-state index in [1.807, 2.05) is 5.38 Å². The van der Waals surface area contributed by atoms with Crippen molar-refractivity contribution in [3.8, 4) is 10.7 Å². The minimum absolute atomic E-state index is 0.890. The SMILES string of the molecule is c1nc(-c2nncs2)cs1. The summed E-state index contributed by atoms with van der Waals surface area (Å²) in [5.74, 6) is 0. The standard InChI is InChI=1S/C5H3N3S2/c1-4(6-2-9-1)5-8-7-3-10-5/h1-3H. The van der Waals surface area contributed by atoms with Crippen molar-refractivity contribution in [1.82, 2.24) is 15.2 Å². The molecule has 3 nitrogen and oxygen atoms in total. The smallest absolute Gasteiger partial charge is 0.166 e. The zero-order chi connectivity index (χ0) is 6.81. The Morgan fingerprint density at radius 1 is 1.30 bits per heavy atom. The Labute approximate surface area is 65.4 Å². The Balaban J connectivity index is 2.48. The van der Waals surface area contributed by atoms with E-state index in [1.54, 1.807) is 22.4 Å². The molecule has 50 valence electrons. The second-order valence-corrected chi connectivity index (χ2v) is 3.17. The van der Waals surface area contributed by atoms with Crippen LogP contribution in [0.4, 0.5) is 0 Å². The molecule has 0 aliphatic rings. The molecule has 0 aliphatic heterocycles. The topological polar surface area (TPSA) is 38.7 Å². The summed E-state index contributed by atoms with van der Waals surface area (Å²) < 4.78 is 0. The van der Waals surface area contributed by atoms with Crippen LogP contribution in [0.2, 0.25) is 0 Å². The van der Waals surface area contributed by atoms with E-state index in [-0.39, 0.29) is 0 Å². The normalized spacial score (nSPS) is 10.0. The zero-order valence-corrected chi connectivity index (χ0v) is 6.52. The van der Waals surface area contributed by atoms with Crippen molar-refractivity contribution >= 4 is 22.7 Å². The molecule has 0 fully saturated rings. The molecule has 0 saturated carbocycles. The first-order valence-electron chi connectivity index (χ1n) is 2.61. The third-order valence-corrected chi connectivity index (χ3v) is 2.31. The molecule has 0 radical (unpaired) electrons. The van der Waals surface area contributed by atoms with Crippen LogP contribution in [0.3, 0.4) is 0 Å². The maximum Gasteiger partial charge on any atom is 0.166 e. The first kappa shape index (κ1) is 5.94. The maximum atomic E-state index is 4.09. The molecular formula is C5H3N3S2. The molecule has 0 N–H and O–H groups in total. The zero-order valence-electron chi connectivity index (χ0n) is 4.89. The first-order valence-corrected chi connectivity index (χ1v) is 4.44. The van der Waals surface area contributed by atoms with E-state index < -0.39 is 0 Å². The summed E-state index contributed by atoms with van der Waals surface area (Å²) in [7, 11) is 0. The van der Waals surface area contributed by atoms with Gasteiger partial charge in [-0.15, -0.1) is 21.5 Å². The van der Waals surface area contributed by atoms with Gasteiger partial charge in [0.15, 0.2) is 5.01 Å². The summed E-state index contributed by atoms with van der Waals surface area (Å²) in [6, 6.07) is 0. The first-order chi connectivity index (χ1) is 4.97. The molecule has 2 aromatic heterocycles. The van der Waals surface area contributed by atoms with E-state index in [0.29, 0.717) is 0 Å². The van der Waals surface area contributed by atoms with Gasteiger partial charge in [-0.2, -0.15) is 0 Å². The second kappa shape index (κ2) is 2.43. The van der Waals surface area contributed by atoms with Gasteiger partial charge >= 0.3 is 0 Å². The van der Waals surface area contributed by atoms with Crippen LogP contribution in [-0.4, -0.2) is 15.2 Å². The van der Waals surface area contributed by atoms with Gasteiger partial charge in [0.1, 0.15) is 11.2 Å². The summed E-state index contributed by atoms with van der Waals surface area (Å²) in [5.41, 5.74) is 4.42. The molecule has 0 amide bonds. The molecule has 0 spiro atoms. The largest absolute Gasteiger partial charge is 0.242 e. The van der Waals surface area contributed by atoms with Crippen LogP contribution in [0.25, 0.3) is 10.7 Å². The summed E-state index contributed by atoms with van der Waals surface area (Å²) in [5, 5.41) is 10.4. The van der Waals surface area contributed by atoms with Crippen LogP contribution in [-0.2, 0) is 0 Å². The van der Waals surface area contributed by atoms with E-state index in [1.165, 1.54) is 11.3 Å². The Morgan fingerprint density at radius 2 is 2.30 bits per heavy atom. The molecule has 5 heteroatoms. The minimum atomic E-state index is 0.890. The molecule has 0 unspecified atom stereocenters. The summed E-state index contributed by atoms with van der Waals surface area (Å²) in [4.78, 5) is 4.09. The van der Waals surface area contributed by atoms with Gasteiger partial charge in [-0.3, -0.25) is 0 Å². The van der Waals surface area contributed by atoms with Gasteiger partial charge in [0.25, 0.3) is 0 Å². The van der Waals surface area contributed by atoms with Gasteiger partial charge in [-0.25, -0.2) is 4.98 Å². The molecule has 0 saturated heterocycles. The van der Waals surface area contributed by atoms with Crippen molar-refractivity contribution in [3.63, 3.8) is 0 Å². The molecule has 0 aliphatic carbocycles. The quantitative estimate of drug-likeness (QED) is 0.651. The molecule has 2 rings (SSSR count). The van der Waals surface area contributed by atoms with Gasteiger partial charge in [0.2, 0.25) is 0 Å². The van der Waals surface area contributed by atoms with Gasteiger partial charge < -0.3 is 0 Å². The van der Waals surface area contributed by atoms with E-state index in [4.69, 9.17) is 0 Å². The van der Waals surface area contributed by atoms with Gasteiger partial charge in [0, 0.05) is 5.38 Å². The third kappa shape index (κ3) is 0.932. The lowest BCUT2D eigenvalue weighted by atomic mass is 10.5. The van der Waals surface area contributed by atoms with Crippen molar-refractivity contribution in [2.75, 3.05) is 0 Å². The molecular weight excluding hydrogens is 166 g/mol.